The number of nitrogens with zero attached hydrogens (tertiary/aromatic N) is 5. The van der Waals surface area contributed by atoms with Crippen molar-refractivity contribution >= 4 is 0 Å². The summed E-state index contributed by atoms with van der Waals surface area (Å²) >= 11 is 0. The molecular formula is C23H41N5. The summed E-state index contributed by atoms with van der Waals surface area (Å²) in [5, 5.41) is 0. The van der Waals surface area contributed by atoms with Crippen LogP contribution in [0.3, 0.4) is 0 Å². The summed E-state index contributed by atoms with van der Waals surface area (Å²) < 4.78 is 4.44. The van der Waals surface area contributed by atoms with E-state index < -0.39 is 0 Å². The Bertz CT molecular complexity index is 633. The number of imidazole rings is 2. The fourth-order valence-electron chi connectivity index (χ4n) is 3.80. The van der Waals surface area contributed by atoms with E-state index in [-0.39, 0.29) is 0 Å². The van der Waals surface area contributed by atoms with Crippen LogP contribution >= 0.6 is 0 Å². The third-order valence-electron chi connectivity index (χ3n) is 6.03. The third-order valence-corrected chi connectivity index (χ3v) is 6.03. The van der Waals surface area contributed by atoms with Crippen LogP contribution in [0.5, 0.6) is 0 Å². The second kappa shape index (κ2) is 12.1. The van der Waals surface area contributed by atoms with Gasteiger partial charge in [0.05, 0.1) is 0 Å². The van der Waals surface area contributed by atoms with Gasteiger partial charge in [-0.3, -0.25) is 0 Å². The summed E-state index contributed by atoms with van der Waals surface area (Å²) in [4.78, 5) is 11.5. The zero-order valence-electron chi connectivity index (χ0n) is 18.9. The van der Waals surface area contributed by atoms with E-state index in [2.05, 4.69) is 58.9 Å². The summed E-state index contributed by atoms with van der Waals surface area (Å²) in [6.07, 6.45) is 15.5. The van der Waals surface area contributed by atoms with Gasteiger partial charge < -0.3 is 14.0 Å². The van der Waals surface area contributed by atoms with E-state index in [1.807, 2.05) is 12.4 Å². The monoisotopic (exact) mass is 387 g/mol. The molecule has 0 fully saturated rings. The molecule has 2 rings (SSSR count). The van der Waals surface area contributed by atoms with Gasteiger partial charge in [-0.25, -0.2) is 9.97 Å². The first-order valence-electron chi connectivity index (χ1n) is 11.2. The molecule has 0 aliphatic heterocycles. The fraction of sp³-hybridized carbons (Fsp3) is 0.739. The minimum Gasteiger partial charge on any atom is -0.335 e. The Hall–Kier alpha value is -1.62. The van der Waals surface area contributed by atoms with Crippen molar-refractivity contribution in [2.75, 3.05) is 19.6 Å². The third kappa shape index (κ3) is 7.08. The van der Waals surface area contributed by atoms with Gasteiger partial charge >= 0.3 is 0 Å². The van der Waals surface area contributed by atoms with Gasteiger partial charge in [-0.2, -0.15) is 0 Å². The molecule has 0 aliphatic carbocycles. The highest BCUT2D eigenvalue weighted by Crippen LogP contribution is 2.10. The van der Waals surface area contributed by atoms with Crippen LogP contribution in [0.4, 0.5) is 0 Å². The highest BCUT2D eigenvalue weighted by atomic mass is 15.1. The van der Waals surface area contributed by atoms with Crippen LogP contribution in [0.2, 0.25) is 0 Å². The van der Waals surface area contributed by atoms with Gasteiger partial charge in [0.2, 0.25) is 0 Å². The number of hydrogen-bond donors (Lipinski definition) is 0. The van der Waals surface area contributed by atoms with Crippen molar-refractivity contribution in [1.82, 2.24) is 24.0 Å². The lowest BCUT2D eigenvalue weighted by molar-refractivity contribution is 0.259. The molecule has 0 radical (unpaired) electrons. The van der Waals surface area contributed by atoms with Gasteiger partial charge in [0.1, 0.15) is 11.6 Å². The molecule has 0 aromatic carbocycles. The molecular weight excluding hydrogens is 346 g/mol. The standard InChI is InChI=1S/C23H41N5/c1-6-7-8-9-10-15-28(16-11-13-22-18-24-20(2)26(22)4)17-12-14-23-19-25-21(3)27(23)5/h18-19H,6-17H2,1-5H3. The summed E-state index contributed by atoms with van der Waals surface area (Å²) in [6, 6.07) is 0. The van der Waals surface area contributed by atoms with Crippen molar-refractivity contribution in [3.8, 4) is 0 Å². The lowest BCUT2D eigenvalue weighted by Crippen LogP contribution is -2.28. The summed E-state index contributed by atoms with van der Waals surface area (Å²) in [5.41, 5.74) is 2.71. The molecule has 0 bridgehead atoms. The van der Waals surface area contributed by atoms with Crippen molar-refractivity contribution in [3.05, 3.63) is 35.4 Å². The number of unbranched alkanes of at least 4 members (excludes halogenated alkanes) is 4. The van der Waals surface area contributed by atoms with E-state index in [4.69, 9.17) is 0 Å². The van der Waals surface area contributed by atoms with E-state index >= 15 is 0 Å². The van der Waals surface area contributed by atoms with Crippen molar-refractivity contribution in [2.45, 2.75) is 78.6 Å². The molecule has 2 heterocycles. The quantitative estimate of drug-likeness (QED) is 0.444. The van der Waals surface area contributed by atoms with Gasteiger partial charge in [0.25, 0.3) is 0 Å². The zero-order valence-corrected chi connectivity index (χ0v) is 18.9. The van der Waals surface area contributed by atoms with E-state index in [1.54, 1.807) is 0 Å². The van der Waals surface area contributed by atoms with Crippen molar-refractivity contribution in [3.63, 3.8) is 0 Å². The van der Waals surface area contributed by atoms with E-state index in [0.29, 0.717) is 0 Å². The van der Waals surface area contributed by atoms with Gasteiger partial charge in [0, 0.05) is 37.9 Å². The summed E-state index contributed by atoms with van der Waals surface area (Å²) in [5.74, 6) is 2.21. The van der Waals surface area contributed by atoms with Gasteiger partial charge in [-0.1, -0.05) is 32.6 Å². The van der Waals surface area contributed by atoms with Gasteiger partial charge in [-0.05, 0) is 65.6 Å². The van der Waals surface area contributed by atoms with Crippen LogP contribution in [-0.4, -0.2) is 43.6 Å². The molecule has 2 aromatic rings. The highest BCUT2D eigenvalue weighted by molar-refractivity contribution is 5.04. The molecule has 2 aromatic heterocycles. The zero-order chi connectivity index (χ0) is 20.4. The Labute approximate surface area is 172 Å². The minimum atomic E-state index is 1.11. The molecule has 158 valence electrons. The van der Waals surface area contributed by atoms with Crippen molar-refractivity contribution < 1.29 is 0 Å². The first-order chi connectivity index (χ1) is 13.5. The predicted molar refractivity (Wildman–Crippen MR) is 118 cm³/mol. The average molecular weight is 388 g/mol. The summed E-state index contributed by atoms with van der Waals surface area (Å²) in [6.45, 7) is 10.0. The Morgan fingerprint density at radius 2 is 1.18 bits per heavy atom. The minimum absolute atomic E-state index is 1.11. The van der Waals surface area contributed by atoms with Crippen LogP contribution in [0.25, 0.3) is 0 Å². The van der Waals surface area contributed by atoms with Gasteiger partial charge in [0.15, 0.2) is 0 Å². The molecule has 0 aliphatic rings. The van der Waals surface area contributed by atoms with Gasteiger partial charge in [-0.15, -0.1) is 0 Å². The summed E-state index contributed by atoms with van der Waals surface area (Å²) in [7, 11) is 4.25. The number of aromatic nitrogens is 4. The van der Waals surface area contributed by atoms with E-state index in [1.165, 1.54) is 76.0 Å². The normalized spacial score (nSPS) is 11.6. The second-order valence-electron chi connectivity index (χ2n) is 8.17. The van der Waals surface area contributed by atoms with Crippen molar-refractivity contribution in [1.29, 1.82) is 0 Å². The van der Waals surface area contributed by atoms with Crippen LogP contribution < -0.4 is 0 Å². The smallest absolute Gasteiger partial charge is 0.105 e. The second-order valence-corrected chi connectivity index (χ2v) is 8.17. The predicted octanol–water partition coefficient (Wildman–Crippen LogP) is 4.61. The SMILES string of the molecule is CCCCCCCN(CCCc1cnc(C)n1C)CCCc1cnc(C)n1C. The maximum atomic E-state index is 4.43. The first kappa shape index (κ1) is 22.7. The molecule has 0 atom stereocenters. The number of hydrogen-bond acceptors (Lipinski definition) is 3. The maximum absolute atomic E-state index is 4.43. The fourth-order valence-corrected chi connectivity index (χ4v) is 3.80. The average Bonchev–Trinajstić information content (AvgIpc) is 3.17. The lowest BCUT2D eigenvalue weighted by Gasteiger charge is -2.22. The maximum Gasteiger partial charge on any atom is 0.105 e. The topological polar surface area (TPSA) is 38.9 Å². The Morgan fingerprint density at radius 1 is 0.714 bits per heavy atom. The molecule has 5 nitrogen and oxygen atoms in total. The van der Waals surface area contributed by atoms with E-state index in [0.717, 1.165) is 24.5 Å². The van der Waals surface area contributed by atoms with E-state index in [9.17, 15) is 0 Å². The number of rotatable bonds is 14. The first-order valence-corrected chi connectivity index (χ1v) is 11.2. The molecule has 28 heavy (non-hydrogen) atoms. The largest absolute Gasteiger partial charge is 0.335 e. The Balaban J connectivity index is 1.77. The van der Waals surface area contributed by atoms with Crippen LogP contribution in [0.15, 0.2) is 12.4 Å². The molecule has 0 saturated heterocycles. The molecule has 0 unspecified atom stereocenters. The Morgan fingerprint density at radius 3 is 1.61 bits per heavy atom. The molecule has 0 amide bonds. The lowest BCUT2D eigenvalue weighted by atomic mass is 10.1. The van der Waals surface area contributed by atoms with Crippen LogP contribution in [-0.2, 0) is 26.9 Å². The van der Waals surface area contributed by atoms with Crippen LogP contribution in [0, 0.1) is 13.8 Å². The molecule has 5 heteroatoms. The molecule has 0 spiro atoms. The van der Waals surface area contributed by atoms with Crippen molar-refractivity contribution in [2.24, 2.45) is 14.1 Å². The van der Waals surface area contributed by atoms with Crippen LogP contribution in [0.1, 0.15) is 74.9 Å². The number of aryl methyl sites for hydroxylation is 4. The highest BCUT2D eigenvalue weighted by Gasteiger charge is 2.09. The molecule has 0 N–H and O–H groups in total. The molecule has 0 saturated carbocycles. The Kier molecular flexibility index (Phi) is 9.76.